The molecule has 1 amide bonds. The van der Waals surface area contributed by atoms with Crippen LogP contribution < -0.4 is 14.4 Å². The molecule has 222 valence electrons. The number of amides is 1. The van der Waals surface area contributed by atoms with Gasteiger partial charge in [0.15, 0.2) is 19.0 Å². The van der Waals surface area contributed by atoms with Gasteiger partial charge in [-0.05, 0) is 54.8 Å². The van der Waals surface area contributed by atoms with E-state index in [1.807, 2.05) is 61.5 Å². The van der Waals surface area contributed by atoms with Gasteiger partial charge in [-0.25, -0.2) is 9.59 Å². The van der Waals surface area contributed by atoms with Crippen LogP contribution in [0, 0.1) is 6.92 Å². The summed E-state index contributed by atoms with van der Waals surface area (Å²) in [4.78, 5) is 49.7. The lowest BCUT2D eigenvalue weighted by atomic mass is 9.98. The van der Waals surface area contributed by atoms with Crippen molar-refractivity contribution in [2.24, 2.45) is 0 Å². The van der Waals surface area contributed by atoms with Gasteiger partial charge in [0.1, 0.15) is 11.5 Å². The van der Waals surface area contributed by atoms with Gasteiger partial charge in [-0.15, -0.1) is 0 Å². The molecule has 4 aromatic carbocycles. The number of hydrogen-bond donors (Lipinski definition) is 2. The Hall–Kier alpha value is -5.70. The van der Waals surface area contributed by atoms with Crippen molar-refractivity contribution in [2.45, 2.75) is 20.4 Å². The predicted octanol–water partition coefficient (Wildman–Crippen LogP) is 5.88. The van der Waals surface area contributed by atoms with Crippen molar-refractivity contribution < 1.29 is 38.9 Å². The molecule has 4 aromatic rings. The van der Waals surface area contributed by atoms with E-state index in [9.17, 15) is 24.3 Å². The molecule has 0 spiro atoms. The molecule has 0 atom stereocenters. The Bertz CT molecular complexity index is 1790. The molecule has 0 fully saturated rings. The maximum absolute atomic E-state index is 14.0. The van der Waals surface area contributed by atoms with Gasteiger partial charge in [-0.2, -0.15) is 0 Å². The number of Topliss-reactive ketones (excluding diaryl/α,β-unsaturated/α-hetero) is 1. The van der Waals surface area contributed by atoms with E-state index < -0.39 is 25.2 Å². The molecule has 0 radical (unpaired) electrons. The zero-order valence-corrected chi connectivity index (χ0v) is 24.1. The van der Waals surface area contributed by atoms with Crippen LogP contribution in [0.1, 0.15) is 39.5 Å². The normalized spacial score (nSPS) is 13.1. The minimum atomic E-state index is -1.20. The topological polar surface area (TPSA) is 130 Å². The average Bonchev–Trinajstić information content (AvgIpc) is 3.25. The molecule has 0 aliphatic carbocycles. The Morgan fingerprint density at radius 2 is 1.45 bits per heavy atom. The lowest BCUT2D eigenvalue weighted by Gasteiger charge is -2.18. The quantitative estimate of drug-likeness (QED) is 0.163. The summed E-state index contributed by atoms with van der Waals surface area (Å²) >= 11 is 0. The third-order valence-corrected chi connectivity index (χ3v) is 7.14. The molecule has 44 heavy (non-hydrogen) atoms. The second kappa shape index (κ2) is 12.7. The molecule has 0 unspecified atom stereocenters. The van der Waals surface area contributed by atoms with Crippen LogP contribution in [0.5, 0.6) is 11.5 Å². The van der Waals surface area contributed by atoms with Crippen LogP contribution in [-0.2, 0) is 20.9 Å². The number of ketones is 1. The molecule has 9 heteroatoms. The first-order chi connectivity index (χ1) is 21.1. The van der Waals surface area contributed by atoms with Gasteiger partial charge < -0.3 is 24.6 Å². The summed E-state index contributed by atoms with van der Waals surface area (Å²) in [7, 11) is 0. The molecule has 0 aromatic heterocycles. The van der Waals surface area contributed by atoms with Gasteiger partial charge in [-0.3, -0.25) is 9.59 Å². The van der Waals surface area contributed by atoms with Crippen LogP contribution in [0.2, 0.25) is 0 Å². The lowest BCUT2D eigenvalue weighted by Crippen LogP contribution is -2.25. The molecule has 5 rings (SSSR count). The second-order valence-corrected chi connectivity index (χ2v) is 10.4. The molecule has 1 heterocycles. The van der Waals surface area contributed by atoms with Gasteiger partial charge in [0.2, 0.25) is 0 Å². The van der Waals surface area contributed by atoms with E-state index in [-0.39, 0.29) is 29.7 Å². The Morgan fingerprint density at radius 3 is 2.11 bits per heavy atom. The number of anilines is 1. The lowest BCUT2D eigenvalue weighted by molar-refractivity contribution is -0.140. The highest BCUT2D eigenvalue weighted by atomic mass is 16.5. The van der Waals surface area contributed by atoms with Gasteiger partial charge in [0.05, 0.1) is 12.2 Å². The highest BCUT2D eigenvalue weighted by molar-refractivity contribution is 6.36. The van der Waals surface area contributed by atoms with Gasteiger partial charge in [0.25, 0.3) is 5.91 Å². The number of benzene rings is 4. The summed E-state index contributed by atoms with van der Waals surface area (Å²) in [5, 5.41) is 18.2. The molecule has 9 nitrogen and oxygen atoms in total. The summed E-state index contributed by atoms with van der Waals surface area (Å²) in [6.07, 6.45) is 1.63. The minimum absolute atomic E-state index is 0.0487. The van der Waals surface area contributed by atoms with Crippen LogP contribution in [0.25, 0.3) is 22.8 Å². The number of carbonyl (C=O) groups excluding carboxylic acids is 2. The highest BCUT2D eigenvalue weighted by Gasteiger charge is 2.33. The fourth-order valence-corrected chi connectivity index (χ4v) is 4.89. The third-order valence-electron chi connectivity index (χ3n) is 7.14. The summed E-state index contributed by atoms with van der Waals surface area (Å²) in [6.45, 7) is 2.53. The average molecular weight is 592 g/mol. The number of ether oxygens (including phenoxy) is 2. The zero-order chi connectivity index (χ0) is 31.4. The maximum Gasteiger partial charge on any atom is 0.341 e. The van der Waals surface area contributed by atoms with Crippen molar-refractivity contribution >= 4 is 41.0 Å². The zero-order valence-electron chi connectivity index (χ0n) is 24.1. The van der Waals surface area contributed by atoms with Crippen LogP contribution >= 0.6 is 0 Å². The molecule has 0 saturated heterocycles. The monoisotopic (exact) mass is 591 g/mol. The van der Waals surface area contributed by atoms with Gasteiger partial charge >= 0.3 is 11.9 Å². The van der Waals surface area contributed by atoms with Crippen LogP contribution in [0.3, 0.4) is 0 Å². The largest absolute Gasteiger partial charge is 0.482 e. The van der Waals surface area contributed by atoms with E-state index in [1.54, 1.807) is 29.2 Å². The minimum Gasteiger partial charge on any atom is -0.482 e. The van der Waals surface area contributed by atoms with E-state index in [2.05, 4.69) is 0 Å². The highest BCUT2D eigenvalue weighted by Crippen LogP contribution is 2.42. The number of carbonyl (C=O) groups is 4. The number of carboxylic acid groups (broad SMARTS) is 2. The summed E-state index contributed by atoms with van der Waals surface area (Å²) in [6, 6.07) is 25.5. The standard InChI is InChI=1S/C35H29NO8/c1-21-3-7-25(8-4-21)26-12-14-29-30(15-27-11-13-28(43-19-33(38)39)17-32(27)44-20-34(40)41)35(42)36(31(29)16-26)18-23-5-9-24(10-6-23)22(2)37/h3-17H,18-20H2,1-2H3,(H,38,39)(H,40,41)/b30-15+. The van der Waals surface area contributed by atoms with Crippen molar-refractivity contribution in [2.75, 3.05) is 18.1 Å². The molecule has 1 aliphatic heterocycles. The number of hydrogen-bond acceptors (Lipinski definition) is 6. The van der Waals surface area contributed by atoms with E-state index in [0.717, 1.165) is 22.3 Å². The van der Waals surface area contributed by atoms with Crippen LogP contribution in [0.15, 0.2) is 84.9 Å². The number of aryl methyl sites for hydroxylation is 1. The van der Waals surface area contributed by atoms with Crippen molar-refractivity contribution in [3.63, 3.8) is 0 Å². The van der Waals surface area contributed by atoms with Gasteiger partial charge in [-0.1, -0.05) is 66.2 Å². The number of aliphatic carboxylic acids is 2. The first kappa shape index (κ1) is 29.8. The first-order valence-electron chi connectivity index (χ1n) is 13.8. The SMILES string of the molecule is CC(=O)c1ccc(CN2C(=O)/C(=C/c3ccc(OCC(=O)O)cc3OCC(=O)O)c3ccc(-c4ccc(C)cc4)cc32)cc1. The molecule has 0 bridgehead atoms. The van der Waals surface area contributed by atoms with Crippen molar-refractivity contribution in [1.82, 2.24) is 0 Å². The fourth-order valence-electron chi connectivity index (χ4n) is 4.89. The molecule has 1 aliphatic rings. The molecular formula is C35H29NO8. The Kier molecular flexibility index (Phi) is 8.57. The Labute approximate surface area is 253 Å². The number of rotatable bonds is 11. The summed E-state index contributed by atoms with van der Waals surface area (Å²) < 4.78 is 10.7. The smallest absolute Gasteiger partial charge is 0.341 e. The van der Waals surface area contributed by atoms with E-state index in [1.165, 1.54) is 19.1 Å². The number of carboxylic acids is 2. The molecule has 0 saturated carbocycles. The van der Waals surface area contributed by atoms with Crippen molar-refractivity contribution in [3.8, 4) is 22.6 Å². The van der Waals surface area contributed by atoms with E-state index in [0.29, 0.717) is 28.0 Å². The fraction of sp³-hybridized carbons (Fsp3) is 0.143. The van der Waals surface area contributed by atoms with Crippen molar-refractivity contribution in [3.05, 3.63) is 113 Å². The molecular weight excluding hydrogens is 562 g/mol. The predicted molar refractivity (Wildman–Crippen MR) is 165 cm³/mol. The number of fused-ring (bicyclic) bond motifs is 1. The maximum atomic E-state index is 14.0. The molecule has 2 N–H and O–H groups in total. The van der Waals surface area contributed by atoms with Gasteiger partial charge in [0, 0.05) is 28.3 Å². The van der Waals surface area contributed by atoms with Crippen molar-refractivity contribution in [1.29, 1.82) is 0 Å². The Morgan fingerprint density at radius 1 is 0.795 bits per heavy atom. The van der Waals surface area contributed by atoms with Crippen LogP contribution in [0.4, 0.5) is 5.69 Å². The second-order valence-electron chi connectivity index (χ2n) is 10.4. The van der Waals surface area contributed by atoms with E-state index in [4.69, 9.17) is 14.6 Å². The summed E-state index contributed by atoms with van der Waals surface area (Å²) in [5.41, 5.74) is 6.64. The number of nitrogens with zero attached hydrogens (tertiary/aromatic N) is 1. The first-order valence-corrected chi connectivity index (χ1v) is 13.8. The third kappa shape index (κ3) is 6.68. The van der Waals surface area contributed by atoms with Crippen LogP contribution in [-0.4, -0.2) is 47.1 Å². The Balaban J connectivity index is 1.58. The summed E-state index contributed by atoms with van der Waals surface area (Å²) in [5.74, 6) is -2.40. The van der Waals surface area contributed by atoms with E-state index >= 15 is 0 Å².